The normalized spacial score (nSPS) is 13.0. The molecule has 2 rings (SSSR count). The minimum Gasteiger partial charge on any atom is -0.367 e. The summed E-state index contributed by atoms with van der Waals surface area (Å²) in [5.74, 6) is 0.239. The Morgan fingerprint density at radius 1 is 1.15 bits per heavy atom. The maximum Gasteiger partial charge on any atom is 0.416 e. The molecule has 0 radical (unpaired) electrons. The fourth-order valence-corrected chi connectivity index (χ4v) is 1.96. The highest BCUT2D eigenvalue weighted by Crippen LogP contribution is 2.30. The summed E-state index contributed by atoms with van der Waals surface area (Å²) in [4.78, 5) is 3.92. The van der Waals surface area contributed by atoms with Crippen LogP contribution in [-0.2, 0) is 12.6 Å². The van der Waals surface area contributed by atoms with Crippen molar-refractivity contribution < 1.29 is 13.2 Å². The van der Waals surface area contributed by atoms with E-state index in [0.29, 0.717) is 0 Å². The summed E-state index contributed by atoms with van der Waals surface area (Å²) in [6, 6.07) is 11.8. The minimum absolute atomic E-state index is 0.00613. The second kappa shape index (κ2) is 5.94. The number of anilines is 1. The number of alkyl halides is 3. The Morgan fingerprint density at radius 2 is 1.85 bits per heavy atom. The molecule has 1 unspecified atom stereocenters. The fraction of sp³-hybridized carbons (Fsp3) is 0.267. The molecular weight excluding hydrogens is 265 g/mol. The number of hydrogen-bond donors (Lipinski definition) is 1. The Balaban J connectivity index is 2.03. The van der Waals surface area contributed by atoms with Crippen molar-refractivity contribution in [2.45, 2.75) is 25.6 Å². The molecule has 20 heavy (non-hydrogen) atoms. The molecule has 0 aliphatic carbocycles. The van der Waals surface area contributed by atoms with Gasteiger partial charge in [0.15, 0.2) is 0 Å². The molecule has 0 bridgehead atoms. The highest BCUT2D eigenvalue weighted by Gasteiger charge is 2.30. The lowest BCUT2D eigenvalue weighted by molar-refractivity contribution is -0.137. The van der Waals surface area contributed by atoms with E-state index >= 15 is 0 Å². The van der Waals surface area contributed by atoms with Crippen LogP contribution in [0.2, 0.25) is 0 Å². The summed E-state index contributed by atoms with van der Waals surface area (Å²) in [5, 5.41) is 2.99. The van der Waals surface area contributed by atoms with Crippen LogP contribution in [0.1, 0.15) is 18.1 Å². The quantitative estimate of drug-likeness (QED) is 0.910. The highest BCUT2D eigenvalue weighted by molar-refractivity contribution is 5.39. The molecule has 1 aromatic carbocycles. The first kappa shape index (κ1) is 14.4. The molecule has 0 spiro atoms. The van der Waals surface area contributed by atoms with Crippen molar-refractivity contribution in [1.82, 2.24) is 4.98 Å². The predicted molar refractivity (Wildman–Crippen MR) is 72.5 cm³/mol. The third kappa shape index (κ3) is 3.98. The average molecular weight is 280 g/mol. The number of benzene rings is 1. The van der Waals surface area contributed by atoms with Crippen molar-refractivity contribution in [2.24, 2.45) is 0 Å². The van der Waals surface area contributed by atoms with Crippen LogP contribution >= 0.6 is 0 Å². The molecule has 106 valence electrons. The van der Waals surface area contributed by atoms with Gasteiger partial charge < -0.3 is 5.32 Å². The Bertz CT molecular complexity index is 553. The summed E-state index contributed by atoms with van der Waals surface area (Å²) >= 11 is 0. The summed E-state index contributed by atoms with van der Waals surface area (Å²) in [6.07, 6.45) is -2.46. The fourth-order valence-electron chi connectivity index (χ4n) is 1.96. The van der Waals surface area contributed by atoms with Gasteiger partial charge in [-0.2, -0.15) is 13.2 Å². The molecule has 2 aromatic rings. The third-order valence-corrected chi connectivity index (χ3v) is 2.87. The van der Waals surface area contributed by atoms with E-state index in [1.165, 1.54) is 6.20 Å². The molecule has 5 heteroatoms. The Hall–Kier alpha value is -2.04. The van der Waals surface area contributed by atoms with Crippen LogP contribution in [0.15, 0.2) is 48.7 Å². The standard InChI is InChI=1S/C15H15F3N2/c1-11(9-12-5-3-2-4-6-12)20-14-10-13(7-8-19-14)15(16,17)18/h2-8,10-11H,9H2,1H3,(H,19,20). The van der Waals surface area contributed by atoms with Crippen LogP contribution in [-0.4, -0.2) is 11.0 Å². The molecule has 0 amide bonds. The van der Waals surface area contributed by atoms with E-state index in [1.54, 1.807) is 0 Å². The lowest BCUT2D eigenvalue weighted by Gasteiger charge is -2.15. The van der Waals surface area contributed by atoms with Gasteiger partial charge in [0.05, 0.1) is 5.56 Å². The van der Waals surface area contributed by atoms with E-state index in [-0.39, 0.29) is 11.9 Å². The van der Waals surface area contributed by atoms with Crippen molar-refractivity contribution in [1.29, 1.82) is 0 Å². The van der Waals surface area contributed by atoms with Gasteiger partial charge in [0.2, 0.25) is 0 Å². The SMILES string of the molecule is CC(Cc1ccccc1)Nc1cc(C(F)(F)F)ccn1. The summed E-state index contributed by atoms with van der Waals surface area (Å²) in [6.45, 7) is 1.91. The van der Waals surface area contributed by atoms with Crippen LogP contribution in [0.4, 0.5) is 19.0 Å². The molecule has 1 N–H and O–H groups in total. The van der Waals surface area contributed by atoms with E-state index in [2.05, 4.69) is 10.3 Å². The molecule has 2 nitrogen and oxygen atoms in total. The number of nitrogens with zero attached hydrogens (tertiary/aromatic N) is 1. The van der Waals surface area contributed by atoms with Gasteiger partial charge in [-0.15, -0.1) is 0 Å². The van der Waals surface area contributed by atoms with Gasteiger partial charge in [-0.05, 0) is 31.0 Å². The number of rotatable bonds is 4. The zero-order chi connectivity index (χ0) is 14.6. The first-order valence-corrected chi connectivity index (χ1v) is 6.29. The van der Waals surface area contributed by atoms with Crippen LogP contribution in [0.3, 0.4) is 0 Å². The van der Waals surface area contributed by atoms with Crippen molar-refractivity contribution in [3.8, 4) is 0 Å². The van der Waals surface area contributed by atoms with E-state index < -0.39 is 11.7 Å². The van der Waals surface area contributed by atoms with Gasteiger partial charge in [-0.25, -0.2) is 4.98 Å². The number of hydrogen-bond acceptors (Lipinski definition) is 2. The van der Waals surface area contributed by atoms with Crippen molar-refractivity contribution in [3.63, 3.8) is 0 Å². The Labute approximate surface area is 115 Å². The van der Waals surface area contributed by atoms with E-state index in [9.17, 15) is 13.2 Å². The summed E-state index contributed by atoms with van der Waals surface area (Å²) in [5.41, 5.74) is 0.432. The van der Waals surface area contributed by atoms with E-state index in [1.807, 2.05) is 37.3 Å². The minimum atomic E-state index is -4.35. The number of aromatic nitrogens is 1. The van der Waals surface area contributed by atoms with Crippen LogP contribution < -0.4 is 5.32 Å². The second-order valence-electron chi connectivity index (χ2n) is 4.66. The topological polar surface area (TPSA) is 24.9 Å². The molecule has 0 aliphatic rings. The Kier molecular flexibility index (Phi) is 4.27. The zero-order valence-corrected chi connectivity index (χ0v) is 11.0. The van der Waals surface area contributed by atoms with Crippen LogP contribution in [0, 0.1) is 0 Å². The van der Waals surface area contributed by atoms with Crippen molar-refractivity contribution in [2.75, 3.05) is 5.32 Å². The van der Waals surface area contributed by atoms with Crippen LogP contribution in [0.5, 0.6) is 0 Å². The maximum atomic E-state index is 12.6. The van der Waals surface area contributed by atoms with E-state index in [4.69, 9.17) is 0 Å². The molecule has 1 atom stereocenters. The smallest absolute Gasteiger partial charge is 0.367 e. The largest absolute Gasteiger partial charge is 0.416 e. The molecule has 0 saturated heterocycles. The zero-order valence-electron chi connectivity index (χ0n) is 11.0. The highest BCUT2D eigenvalue weighted by atomic mass is 19.4. The second-order valence-corrected chi connectivity index (χ2v) is 4.66. The maximum absolute atomic E-state index is 12.6. The molecule has 1 heterocycles. The van der Waals surface area contributed by atoms with Crippen molar-refractivity contribution >= 4 is 5.82 Å². The number of halogens is 3. The molecule has 0 fully saturated rings. The third-order valence-electron chi connectivity index (χ3n) is 2.87. The first-order chi connectivity index (χ1) is 9.45. The average Bonchev–Trinajstić information content (AvgIpc) is 2.39. The molecule has 0 aliphatic heterocycles. The lowest BCUT2D eigenvalue weighted by Crippen LogP contribution is -2.19. The first-order valence-electron chi connectivity index (χ1n) is 6.29. The van der Waals surface area contributed by atoms with Gasteiger partial charge in [0.25, 0.3) is 0 Å². The summed E-state index contributed by atoms with van der Waals surface area (Å²) in [7, 11) is 0. The molecule has 0 saturated carbocycles. The van der Waals surface area contributed by atoms with Crippen LogP contribution in [0.25, 0.3) is 0 Å². The Morgan fingerprint density at radius 3 is 2.50 bits per heavy atom. The lowest BCUT2D eigenvalue weighted by atomic mass is 10.1. The molecular formula is C15H15F3N2. The van der Waals surface area contributed by atoms with E-state index in [0.717, 1.165) is 24.1 Å². The molecule has 1 aromatic heterocycles. The predicted octanol–water partition coefficient (Wildman–Crippen LogP) is 4.14. The van der Waals surface area contributed by atoms with Crippen molar-refractivity contribution in [3.05, 3.63) is 59.8 Å². The van der Waals surface area contributed by atoms with Gasteiger partial charge in [0, 0.05) is 12.2 Å². The number of nitrogens with one attached hydrogen (secondary N) is 1. The summed E-state index contributed by atoms with van der Waals surface area (Å²) < 4.78 is 37.8. The van der Waals surface area contributed by atoms with Gasteiger partial charge in [-0.3, -0.25) is 0 Å². The van der Waals surface area contributed by atoms with Gasteiger partial charge in [0.1, 0.15) is 5.82 Å². The van der Waals surface area contributed by atoms with Gasteiger partial charge >= 0.3 is 6.18 Å². The van der Waals surface area contributed by atoms with Gasteiger partial charge in [-0.1, -0.05) is 30.3 Å². The number of pyridine rings is 1. The monoisotopic (exact) mass is 280 g/mol.